The molecular weight excluding hydrogens is 433 g/mol. The van der Waals surface area contributed by atoms with Gasteiger partial charge in [0.15, 0.2) is 0 Å². The Morgan fingerprint density at radius 1 is 1.35 bits per heavy atom. The molecule has 8 heteroatoms. The Bertz CT molecular complexity index is 689. The molecule has 0 radical (unpaired) electrons. The van der Waals surface area contributed by atoms with E-state index >= 15 is 0 Å². The number of hydrogen-bond donors (Lipinski definition) is 2. The molecule has 1 aliphatic heterocycles. The van der Waals surface area contributed by atoms with Gasteiger partial charge in [-0.05, 0) is 53.6 Å². The van der Waals surface area contributed by atoms with Crippen molar-refractivity contribution in [3.05, 3.63) is 26.8 Å². The predicted molar refractivity (Wildman–Crippen MR) is 94.2 cm³/mol. The van der Waals surface area contributed by atoms with E-state index in [4.69, 9.17) is 11.6 Å². The topological polar surface area (TPSA) is 78.5 Å². The lowest BCUT2D eigenvalue weighted by Gasteiger charge is -2.19. The number of rotatable bonds is 3. The lowest BCUT2D eigenvalue weighted by atomic mass is 9.98. The molecule has 1 saturated carbocycles. The highest BCUT2D eigenvalue weighted by Gasteiger charge is 2.52. The molecule has 6 nitrogen and oxygen atoms in total. The summed E-state index contributed by atoms with van der Waals surface area (Å²) in [4.78, 5) is 37.6. The lowest BCUT2D eigenvalue weighted by molar-refractivity contribution is -0.133. The summed E-state index contributed by atoms with van der Waals surface area (Å²) in [7, 11) is 0. The van der Waals surface area contributed by atoms with Crippen LogP contribution in [0.5, 0.6) is 0 Å². The fourth-order valence-corrected chi connectivity index (χ4v) is 3.96. The monoisotopic (exact) mass is 447 g/mol. The maximum Gasteiger partial charge on any atom is 0.325 e. The van der Waals surface area contributed by atoms with Gasteiger partial charge in [0.1, 0.15) is 12.1 Å². The number of halogens is 2. The highest BCUT2D eigenvalue weighted by molar-refractivity contribution is 14.1. The van der Waals surface area contributed by atoms with Crippen molar-refractivity contribution < 1.29 is 14.4 Å². The van der Waals surface area contributed by atoms with E-state index in [0.29, 0.717) is 23.6 Å². The number of urea groups is 1. The lowest BCUT2D eigenvalue weighted by Crippen LogP contribution is -2.44. The summed E-state index contributed by atoms with van der Waals surface area (Å²) in [6.07, 6.45) is 3.09. The van der Waals surface area contributed by atoms with Crippen molar-refractivity contribution in [2.75, 3.05) is 11.9 Å². The highest BCUT2D eigenvalue weighted by atomic mass is 127. The third-order valence-corrected chi connectivity index (χ3v) is 5.19. The number of carbonyl (C=O) groups is 3. The van der Waals surface area contributed by atoms with Crippen LogP contribution in [0.1, 0.15) is 25.7 Å². The van der Waals surface area contributed by atoms with Crippen LogP contribution in [0.15, 0.2) is 18.2 Å². The van der Waals surface area contributed by atoms with Crippen molar-refractivity contribution in [2.24, 2.45) is 0 Å². The molecular formula is C15H15ClIN3O3. The number of carbonyl (C=O) groups excluding carboxylic acids is 3. The Hall–Kier alpha value is -1.35. The van der Waals surface area contributed by atoms with Gasteiger partial charge >= 0.3 is 6.03 Å². The first-order valence-corrected chi connectivity index (χ1v) is 8.76. The quantitative estimate of drug-likeness (QED) is 0.552. The van der Waals surface area contributed by atoms with Gasteiger partial charge in [0, 0.05) is 3.57 Å². The molecule has 23 heavy (non-hydrogen) atoms. The first kappa shape index (κ1) is 16.5. The van der Waals surface area contributed by atoms with Crippen LogP contribution < -0.4 is 10.6 Å². The van der Waals surface area contributed by atoms with E-state index in [1.54, 1.807) is 12.1 Å². The normalized spacial score (nSPS) is 19.3. The minimum atomic E-state index is -0.794. The summed E-state index contributed by atoms with van der Waals surface area (Å²) in [6.45, 7) is -0.311. The van der Waals surface area contributed by atoms with Gasteiger partial charge in [0.25, 0.3) is 5.91 Å². The Morgan fingerprint density at radius 2 is 2.04 bits per heavy atom. The zero-order valence-electron chi connectivity index (χ0n) is 12.2. The standard InChI is InChI=1S/C15H15ClIN3O3/c16-10-7-9(17)3-4-11(10)18-12(21)8-20-13(22)15(19-14(20)23)5-1-2-6-15/h3-4,7H,1-2,5-6,8H2,(H,18,21)(H,19,23). The maximum absolute atomic E-state index is 12.5. The summed E-state index contributed by atoms with van der Waals surface area (Å²) in [5.74, 6) is -0.754. The van der Waals surface area contributed by atoms with E-state index in [-0.39, 0.29) is 12.5 Å². The van der Waals surface area contributed by atoms with E-state index in [9.17, 15) is 14.4 Å². The van der Waals surface area contributed by atoms with Crippen LogP contribution in [-0.4, -0.2) is 34.8 Å². The molecule has 0 aromatic heterocycles. The fraction of sp³-hybridized carbons (Fsp3) is 0.400. The second-order valence-corrected chi connectivity index (χ2v) is 7.44. The molecule has 1 aromatic carbocycles. The molecule has 3 rings (SSSR count). The average molecular weight is 448 g/mol. The predicted octanol–water partition coefficient (Wildman–Crippen LogP) is 2.75. The number of amides is 4. The van der Waals surface area contributed by atoms with E-state index < -0.39 is 17.5 Å². The zero-order chi connectivity index (χ0) is 16.6. The second-order valence-electron chi connectivity index (χ2n) is 5.78. The number of nitrogens with zero attached hydrogens (tertiary/aromatic N) is 1. The molecule has 1 aromatic rings. The molecule has 1 spiro atoms. The molecule has 4 amide bonds. The number of nitrogens with one attached hydrogen (secondary N) is 2. The van der Waals surface area contributed by atoms with Gasteiger partial charge in [-0.3, -0.25) is 14.5 Å². The molecule has 2 fully saturated rings. The van der Waals surface area contributed by atoms with E-state index in [1.165, 1.54) is 0 Å². The molecule has 1 heterocycles. The van der Waals surface area contributed by atoms with Crippen molar-refractivity contribution >= 4 is 57.7 Å². The van der Waals surface area contributed by atoms with Crippen molar-refractivity contribution in [3.8, 4) is 0 Å². The number of benzene rings is 1. The van der Waals surface area contributed by atoms with Gasteiger partial charge in [-0.2, -0.15) is 0 Å². The van der Waals surface area contributed by atoms with E-state index in [2.05, 4.69) is 33.2 Å². The van der Waals surface area contributed by atoms with Crippen LogP contribution in [0.3, 0.4) is 0 Å². The smallest absolute Gasteiger partial charge is 0.323 e. The minimum absolute atomic E-state index is 0.302. The Balaban J connectivity index is 1.68. The second kappa shape index (κ2) is 6.27. The van der Waals surface area contributed by atoms with Crippen molar-refractivity contribution in [1.29, 1.82) is 0 Å². The Morgan fingerprint density at radius 3 is 2.70 bits per heavy atom. The summed E-state index contributed by atoms with van der Waals surface area (Å²) in [5, 5.41) is 5.80. The molecule has 2 aliphatic rings. The number of imide groups is 1. The zero-order valence-corrected chi connectivity index (χ0v) is 15.1. The Labute approximate surface area is 152 Å². The van der Waals surface area contributed by atoms with Gasteiger partial charge in [-0.15, -0.1) is 0 Å². The summed E-state index contributed by atoms with van der Waals surface area (Å²) in [5.41, 5.74) is -0.336. The molecule has 0 bridgehead atoms. The summed E-state index contributed by atoms with van der Waals surface area (Å²) >= 11 is 8.18. The van der Waals surface area contributed by atoms with Gasteiger partial charge < -0.3 is 10.6 Å². The SMILES string of the molecule is O=C(CN1C(=O)NC2(CCCC2)C1=O)Nc1ccc(I)cc1Cl. The first-order valence-electron chi connectivity index (χ1n) is 7.30. The molecule has 1 saturated heterocycles. The summed E-state index contributed by atoms with van der Waals surface area (Å²) in [6, 6.07) is 4.72. The van der Waals surface area contributed by atoms with Gasteiger partial charge in [0.2, 0.25) is 5.91 Å². The number of anilines is 1. The third kappa shape index (κ3) is 3.16. The molecule has 0 atom stereocenters. The third-order valence-electron chi connectivity index (χ3n) is 4.21. The van der Waals surface area contributed by atoms with Crippen molar-refractivity contribution in [3.63, 3.8) is 0 Å². The van der Waals surface area contributed by atoms with E-state index in [1.807, 2.05) is 6.07 Å². The average Bonchev–Trinajstić information content (AvgIpc) is 3.04. The van der Waals surface area contributed by atoms with Crippen LogP contribution in [-0.2, 0) is 9.59 Å². The first-order chi connectivity index (χ1) is 10.9. The van der Waals surface area contributed by atoms with Gasteiger partial charge in [-0.1, -0.05) is 24.4 Å². The molecule has 2 N–H and O–H groups in total. The Kier molecular flexibility index (Phi) is 4.50. The number of hydrogen-bond acceptors (Lipinski definition) is 3. The molecule has 1 aliphatic carbocycles. The largest absolute Gasteiger partial charge is 0.325 e. The maximum atomic E-state index is 12.5. The summed E-state index contributed by atoms with van der Waals surface area (Å²) < 4.78 is 0.947. The van der Waals surface area contributed by atoms with Crippen LogP contribution in [0.4, 0.5) is 10.5 Å². The molecule has 0 unspecified atom stereocenters. The van der Waals surface area contributed by atoms with E-state index in [0.717, 1.165) is 21.3 Å². The highest BCUT2D eigenvalue weighted by Crippen LogP contribution is 2.35. The van der Waals surface area contributed by atoms with Gasteiger partial charge in [0.05, 0.1) is 10.7 Å². The molecule has 122 valence electrons. The van der Waals surface area contributed by atoms with Crippen LogP contribution in [0.2, 0.25) is 5.02 Å². The van der Waals surface area contributed by atoms with Crippen LogP contribution in [0, 0.1) is 3.57 Å². The minimum Gasteiger partial charge on any atom is -0.323 e. The fourth-order valence-electron chi connectivity index (χ4n) is 3.06. The van der Waals surface area contributed by atoms with Crippen LogP contribution in [0.25, 0.3) is 0 Å². The van der Waals surface area contributed by atoms with Crippen LogP contribution >= 0.6 is 34.2 Å². The van der Waals surface area contributed by atoms with Crippen molar-refractivity contribution in [2.45, 2.75) is 31.2 Å². The van der Waals surface area contributed by atoms with Gasteiger partial charge in [-0.25, -0.2) is 4.79 Å². The van der Waals surface area contributed by atoms with Crippen molar-refractivity contribution in [1.82, 2.24) is 10.2 Å².